The lowest BCUT2D eigenvalue weighted by molar-refractivity contribution is 0.0944. The molecule has 0 aliphatic carbocycles. The molecule has 0 unspecified atom stereocenters. The predicted octanol–water partition coefficient (Wildman–Crippen LogP) is 0.665. The highest BCUT2D eigenvalue weighted by molar-refractivity contribution is 5.92. The number of pyridine rings is 1. The maximum absolute atomic E-state index is 11.9. The molecule has 2 rings (SSSR count). The lowest BCUT2D eigenvalue weighted by Crippen LogP contribution is -2.25. The molecule has 0 atom stereocenters. The van der Waals surface area contributed by atoms with Gasteiger partial charge in [-0.2, -0.15) is 0 Å². The average Bonchev–Trinajstić information content (AvgIpc) is 2.92. The Bertz CT molecular complexity index is 548. The summed E-state index contributed by atoms with van der Waals surface area (Å²) in [5.74, 6) is 0.496. The van der Waals surface area contributed by atoms with E-state index in [4.69, 9.17) is 0 Å². The fourth-order valence-electron chi connectivity index (χ4n) is 1.61. The highest BCUT2D eigenvalue weighted by Gasteiger charge is 2.09. The van der Waals surface area contributed by atoms with Gasteiger partial charge in [0.2, 0.25) is 0 Å². The zero-order valence-electron chi connectivity index (χ0n) is 10.9. The quantitative estimate of drug-likeness (QED) is 0.825. The molecule has 0 fully saturated rings. The number of amides is 1. The van der Waals surface area contributed by atoms with Crippen molar-refractivity contribution in [2.24, 2.45) is 0 Å². The molecule has 2 heterocycles. The minimum atomic E-state index is -0.228. The van der Waals surface area contributed by atoms with Crippen LogP contribution in [-0.2, 0) is 13.1 Å². The Morgan fingerprint density at radius 1 is 1.42 bits per heavy atom. The predicted molar refractivity (Wildman–Crippen MR) is 70.6 cm³/mol. The first-order valence-electron chi connectivity index (χ1n) is 6.03. The zero-order valence-corrected chi connectivity index (χ0v) is 10.9. The van der Waals surface area contributed by atoms with Crippen LogP contribution in [0.15, 0.2) is 24.7 Å². The molecule has 2 aromatic heterocycles. The van der Waals surface area contributed by atoms with Crippen molar-refractivity contribution in [2.75, 3.05) is 12.4 Å². The molecule has 1 amide bonds. The van der Waals surface area contributed by atoms with E-state index in [0.717, 1.165) is 18.1 Å². The van der Waals surface area contributed by atoms with E-state index in [2.05, 4.69) is 25.8 Å². The van der Waals surface area contributed by atoms with Gasteiger partial charge in [0.05, 0.1) is 18.4 Å². The van der Waals surface area contributed by atoms with Crippen LogP contribution >= 0.6 is 0 Å². The second kappa shape index (κ2) is 5.94. The zero-order chi connectivity index (χ0) is 13.7. The monoisotopic (exact) mass is 260 g/mol. The Labute approximate surface area is 111 Å². The minimum Gasteiger partial charge on any atom is -0.387 e. The summed E-state index contributed by atoms with van der Waals surface area (Å²) in [4.78, 5) is 16.0. The molecule has 7 nitrogen and oxygen atoms in total. The molecule has 0 saturated carbocycles. The fraction of sp³-hybridized carbons (Fsp3) is 0.333. The molecule has 19 heavy (non-hydrogen) atoms. The van der Waals surface area contributed by atoms with E-state index in [1.165, 1.54) is 0 Å². The van der Waals surface area contributed by atoms with Crippen LogP contribution in [0.5, 0.6) is 0 Å². The second-order valence-corrected chi connectivity index (χ2v) is 3.90. The molecule has 0 saturated heterocycles. The lowest BCUT2D eigenvalue weighted by Gasteiger charge is -2.06. The number of hydrogen-bond donors (Lipinski definition) is 2. The number of rotatable bonds is 5. The van der Waals surface area contributed by atoms with Gasteiger partial charge in [0.15, 0.2) is 5.82 Å². The van der Waals surface area contributed by atoms with Crippen LogP contribution in [0.2, 0.25) is 0 Å². The number of aryl methyl sites for hydroxylation is 1. The fourth-order valence-corrected chi connectivity index (χ4v) is 1.61. The van der Waals surface area contributed by atoms with Gasteiger partial charge in [0.1, 0.15) is 12.0 Å². The number of aromatic nitrogens is 4. The minimum absolute atomic E-state index is 0.228. The highest BCUT2D eigenvalue weighted by atomic mass is 16.1. The van der Waals surface area contributed by atoms with Crippen molar-refractivity contribution in [3.05, 3.63) is 36.2 Å². The number of hydrogen-bond acceptors (Lipinski definition) is 5. The maximum atomic E-state index is 11.9. The summed E-state index contributed by atoms with van der Waals surface area (Å²) >= 11 is 0. The average molecular weight is 260 g/mol. The summed E-state index contributed by atoms with van der Waals surface area (Å²) < 4.78 is 1.87. The highest BCUT2D eigenvalue weighted by Crippen LogP contribution is 2.05. The normalized spacial score (nSPS) is 10.2. The van der Waals surface area contributed by atoms with E-state index >= 15 is 0 Å². The molecule has 2 N–H and O–H groups in total. The van der Waals surface area contributed by atoms with Gasteiger partial charge < -0.3 is 15.2 Å². The molecular formula is C12H16N6O. The Kier molecular flexibility index (Phi) is 4.07. The van der Waals surface area contributed by atoms with Gasteiger partial charge in [-0.1, -0.05) is 0 Å². The van der Waals surface area contributed by atoms with Crippen LogP contribution < -0.4 is 10.6 Å². The largest absolute Gasteiger partial charge is 0.387 e. The van der Waals surface area contributed by atoms with E-state index in [-0.39, 0.29) is 5.91 Å². The number of nitrogens with one attached hydrogen (secondary N) is 2. The molecule has 0 bridgehead atoms. The molecule has 2 aromatic rings. The van der Waals surface area contributed by atoms with Crippen LogP contribution in [0.1, 0.15) is 23.2 Å². The SMILES string of the molecule is CCn1cnnc1CNC(=O)c1ccc(NC)cn1. The Morgan fingerprint density at radius 3 is 2.89 bits per heavy atom. The van der Waals surface area contributed by atoms with Crippen LogP contribution in [0, 0.1) is 0 Å². The lowest BCUT2D eigenvalue weighted by atomic mass is 10.3. The summed E-state index contributed by atoms with van der Waals surface area (Å²) in [7, 11) is 1.80. The van der Waals surface area contributed by atoms with Crippen LogP contribution in [0.3, 0.4) is 0 Å². The van der Waals surface area contributed by atoms with E-state index in [9.17, 15) is 4.79 Å². The molecule has 0 aliphatic heterocycles. The molecule has 0 spiro atoms. The first-order chi connectivity index (χ1) is 9.24. The van der Waals surface area contributed by atoms with Crippen LogP contribution in [-0.4, -0.2) is 32.7 Å². The Hall–Kier alpha value is -2.44. The summed E-state index contributed by atoms with van der Waals surface area (Å²) in [5.41, 5.74) is 1.24. The van der Waals surface area contributed by atoms with Gasteiger partial charge in [-0.05, 0) is 19.1 Å². The molecule has 0 aromatic carbocycles. The van der Waals surface area contributed by atoms with Crippen LogP contribution in [0.4, 0.5) is 5.69 Å². The van der Waals surface area contributed by atoms with Gasteiger partial charge in [-0.3, -0.25) is 4.79 Å². The molecular weight excluding hydrogens is 244 g/mol. The number of nitrogens with zero attached hydrogens (tertiary/aromatic N) is 4. The molecule has 100 valence electrons. The number of anilines is 1. The van der Waals surface area contributed by atoms with Crippen molar-refractivity contribution in [2.45, 2.75) is 20.0 Å². The third-order valence-electron chi connectivity index (χ3n) is 2.73. The summed E-state index contributed by atoms with van der Waals surface area (Å²) in [6, 6.07) is 3.47. The van der Waals surface area contributed by atoms with E-state index in [1.807, 2.05) is 11.5 Å². The molecule has 7 heteroatoms. The Morgan fingerprint density at radius 2 is 2.26 bits per heavy atom. The van der Waals surface area contributed by atoms with Crippen molar-refractivity contribution >= 4 is 11.6 Å². The van der Waals surface area contributed by atoms with Gasteiger partial charge >= 0.3 is 0 Å². The van der Waals surface area contributed by atoms with Crippen molar-refractivity contribution in [3.8, 4) is 0 Å². The van der Waals surface area contributed by atoms with E-state index in [0.29, 0.717) is 12.2 Å². The molecule has 0 radical (unpaired) electrons. The third-order valence-corrected chi connectivity index (χ3v) is 2.73. The van der Waals surface area contributed by atoms with Gasteiger partial charge in [-0.15, -0.1) is 10.2 Å². The van der Waals surface area contributed by atoms with Crippen molar-refractivity contribution in [1.82, 2.24) is 25.1 Å². The summed E-state index contributed by atoms with van der Waals surface area (Å²) in [6.07, 6.45) is 3.25. The van der Waals surface area contributed by atoms with E-state index < -0.39 is 0 Å². The first-order valence-corrected chi connectivity index (χ1v) is 6.03. The van der Waals surface area contributed by atoms with Crippen LogP contribution in [0.25, 0.3) is 0 Å². The maximum Gasteiger partial charge on any atom is 0.270 e. The third kappa shape index (κ3) is 3.06. The van der Waals surface area contributed by atoms with Crippen molar-refractivity contribution in [3.63, 3.8) is 0 Å². The second-order valence-electron chi connectivity index (χ2n) is 3.90. The standard InChI is InChI=1S/C12H16N6O/c1-3-18-8-16-17-11(18)7-15-12(19)10-5-4-9(13-2)6-14-10/h4-6,8,13H,3,7H2,1-2H3,(H,15,19). The topological polar surface area (TPSA) is 84.7 Å². The summed E-state index contributed by atoms with van der Waals surface area (Å²) in [5, 5.41) is 13.5. The summed E-state index contributed by atoms with van der Waals surface area (Å²) in [6.45, 7) is 3.10. The van der Waals surface area contributed by atoms with Gasteiger partial charge in [0, 0.05) is 13.6 Å². The van der Waals surface area contributed by atoms with Gasteiger partial charge in [0.25, 0.3) is 5.91 Å². The first kappa shape index (κ1) is 13.0. The van der Waals surface area contributed by atoms with E-state index in [1.54, 1.807) is 31.7 Å². The van der Waals surface area contributed by atoms with Gasteiger partial charge in [-0.25, -0.2) is 4.98 Å². The van der Waals surface area contributed by atoms with Crippen molar-refractivity contribution in [1.29, 1.82) is 0 Å². The number of carbonyl (C=O) groups is 1. The Balaban J connectivity index is 1.97. The number of carbonyl (C=O) groups excluding carboxylic acids is 1. The van der Waals surface area contributed by atoms with Crippen molar-refractivity contribution < 1.29 is 4.79 Å². The smallest absolute Gasteiger partial charge is 0.270 e. The molecule has 0 aliphatic rings.